The van der Waals surface area contributed by atoms with Crippen molar-refractivity contribution in [1.29, 1.82) is 0 Å². The van der Waals surface area contributed by atoms with Crippen molar-refractivity contribution in [2.45, 2.75) is 45.5 Å². The van der Waals surface area contributed by atoms with Gasteiger partial charge < -0.3 is 14.3 Å². The Morgan fingerprint density at radius 1 is 1.62 bits per heavy atom. The van der Waals surface area contributed by atoms with Crippen LogP contribution in [-0.4, -0.2) is 24.8 Å². The Labute approximate surface area is 79.4 Å². The van der Waals surface area contributed by atoms with Gasteiger partial charge in [-0.1, -0.05) is 6.92 Å². The normalized spacial score (nSPS) is 28.7. The van der Waals surface area contributed by atoms with Crippen molar-refractivity contribution in [2.24, 2.45) is 5.92 Å². The first-order valence-electron chi connectivity index (χ1n) is 4.80. The van der Waals surface area contributed by atoms with Gasteiger partial charge in [-0.25, -0.2) is 0 Å². The molecular weight excluding hydrogens is 168 g/mol. The molecule has 0 bridgehead atoms. The second-order valence-electron chi connectivity index (χ2n) is 4.09. The van der Waals surface area contributed by atoms with E-state index >= 15 is 0 Å². The van der Waals surface area contributed by atoms with Crippen LogP contribution in [0.5, 0.6) is 0 Å². The lowest BCUT2D eigenvalue weighted by atomic mass is 10.00. The average molecular weight is 186 g/mol. The van der Waals surface area contributed by atoms with Crippen LogP contribution in [0.4, 0.5) is 0 Å². The maximum Gasteiger partial charge on any atom is 0.163 e. The Bertz CT molecular complexity index is 177. The number of rotatable bonds is 4. The van der Waals surface area contributed by atoms with E-state index in [-0.39, 0.29) is 6.10 Å². The minimum absolute atomic E-state index is 0.148. The minimum atomic E-state index is -0.444. The van der Waals surface area contributed by atoms with E-state index in [9.17, 15) is 4.79 Å². The predicted octanol–water partition coefficient (Wildman–Crippen LogP) is 1.75. The van der Waals surface area contributed by atoms with Crippen LogP contribution in [0, 0.1) is 5.92 Å². The summed E-state index contributed by atoms with van der Waals surface area (Å²) in [6.45, 7) is 6.57. The molecule has 0 N–H and O–H groups in total. The fraction of sp³-hybridized carbons (Fsp3) is 0.900. The van der Waals surface area contributed by atoms with Crippen LogP contribution in [0.1, 0.15) is 33.6 Å². The zero-order chi connectivity index (χ0) is 9.90. The van der Waals surface area contributed by atoms with Gasteiger partial charge in [0, 0.05) is 6.42 Å². The Kier molecular flexibility index (Phi) is 3.45. The van der Waals surface area contributed by atoms with Crippen LogP contribution < -0.4 is 0 Å². The van der Waals surface area contributed by atoms with Crippen molar-refractivity contribution < 1.29 is 14.3 Å². The lowest BCUT2D eigenvalue weighted by Gasteiger charge is -2.20. The number of carbonyl (C=O) groups is 1. The van der Waals surface area contributed by atoms with E-state index in [1.165, 1.54) is 0 Å². The van der Waals surface area contributed by atoms with E-state index < -0.39 is 5.79 Å². The van der Waals surface area contributed by atoms with Gasteiger partial charge >= 0.3 is 0 Å². The fourth-order valence-corrected chi connectivity index (χ4v) is 1.51. The molecule has 0 radical (unpaired) electrons. The largest absolute Gasteiger partial charge is 0.348 e. The van der Waals surface area contributed by atoms with E-state index in [2.05, 4.69) is 6.92 Å². The second-order valence-corrected chi connectivity index (χ2v) is 4.09. The number of hydrogen-bond acceptors (Lipinski definition) is 3. The number of aldehydes is 1. The fourth-order valence-electron chi connectivity index (χ4n) is 1.51. The summed E-state index contributed by atoms with van der Waals surface area (Å²) in [5, 5.41) is 0. The molecule has 0 aliphatic carbocycles. The van der Waals surface area contributed by atoms with Crippen molar-refractivity contribution in [3.8, 4) is 0 Å². The summed E-state index contributed by atoms with van der Waals surface area (Å²) in [6, 6.07) is 0. The van der Waals surface area contributed by atoms with Gasteiger partial charge in [-0.3, -0.25) is 0 Å². The van der Waals surface area contributed by atoms with Crippen molar-refractivity contribution in [1.82, 2.24) is 0 Å². The summed E-state index contributed by atoms with van der Waals surface area (Å²) in [5.41, 5.74) is 0. The molecule has 1 saturated heterocycles. The van der Waals surface area contributed by atoms with Crippen molar-refractivity contribution >= 4 is 6.29 Å². The molecule has 0 saturated carbocycles. The summed E-state index contributed by atoms with van der Waals surface area (Å²) < 4.78 is 11.1. The highest BCUT2D eigenvalue weighted by atomic mass is 16.7. The van der Waals surface area contributed by atoms with Gasteiger partial charge in [-0.05, 0) is 26.2 Å². The molecule has 3 heteroatoms. The quantitative estimate of drug-likeness (QED) is 0.627. The molecule has 76 valence electrons. The Morgan fingerprint density at radius 2 is 2.31 bits per heavy atom. The smallest absolute Gasteiger partial charge is 0.163 e. The number of hydrogen-bond donors (Lipinski definition) is 0. The Hall–Kier alpha value is -0.410. The SMILES string of the molecule is C[C@@H](CCC=O)[C@H]1COC(C)(C)O1. The van der Waals surface area contributed by atoms with E-state index in [4.69, 9.17) is 9.47 Å². The van der Waals surface area contributed by atoms with Gasteiger partial charge in [-0.2, -0.15) is 0 Å². The molecule has 1 fully saturated rings. The van der Waals surface area contributed by atoms with Crippen molar-refractivity contribution in [3.05, 3.63) is 0 Å². The summed E-state index contributed by atoms with van der Waals surface area (Å²) in [7, 11) is 0. The number of ether oxygens (including phenoxy) is 2. The summed E-state index contributed by atoms with van der Waals surface area (Å²) in [5.74, 6) is -0.0490. The zero-order valence-corrected chi connectivity index (χ0v) is 8.58. The maximum atomic E-state index is 10.2. The van der Waals surface area contributed by atoms with Crippen molar-refractivity contribution in [3.63, 3.8) is 0 Å². The highest BCUT2D eigenvalue weighted by Crippen LogP contribution is 2.28. The topological polar surface area (TPSA) is 35.5 Å². The van der Waals surface area contributed by atoms with Gasteiger partial charge in [0.15, 0.2) is 5.79 Å². The molecule has 0 aromatic carbocycles. The van der Waals surface area contributed by atoms with E-state index in [0.29, 0.717) is 18.9 Å². The molecule has 0 aromatic rings. The third kappa shape index (κ3) is 3.08. The molecule has 0 amide bonds. The van der Waals surface area contributed by atoms with Crippen LogP contribution >= 0.6 is 0 Å². The van der Waals surface area contributed by atoms with Crippen LogP contribution in [0.15, 0.2) is 0 Å². The molecule has 0 spiro atoms. The Balaban J connectivity index is 2.33. The van der Waals surface area contributed by atoms with E-state index in [0.717, 1.165) is 12.7 Å². The summed E-state index contributed by atoms with van der Waals surface area (Å²) in [4.78, 5) is 10.2. The standard InChI is InChI=1S/C10H18O3/c1-8(5-4-6-11)9-7-12-10(2,3)13-9/h6,8-9H,4-5,7H2,1-3H3/t8-,9+/m0/s1. The number of carbonyl (C=O) groups excluding carboxylic acids is 1. The maximum absolute atomic E-state index is 10.2. The van der Waals surface area contributed by atoms with Crippen LogP contribution in [0.2, 0.25) is 0 Å². The summed E-state index contributed by atoms with van der Waals surface area (Å²) in [6.07, 6.45) is 2.60. The first-order chi connectivity index (χ1) is 6.05. The molecule has 13 heavy (non-hydrogen) atoms. The van der Waals surface area contributed by atoms with Crippen LogP contribution in [0.25, 0.3) is 0 Å². The van der Waals surface area contributed by atoms with Crippen LogP contribution in [0.3, 0.4) is 0 Å². The minimum Gasteiger partial charge on any atom is -0.348 e. The first kappa shape index (κ1) is 10.7. The molecule has 3 nitrogen and oxygen atoms in total. The van der Waals surface area contributed by atoms with Gasteiger partial charge in [0.1, 0.15) is 6.29 Å². The van der Waals surface area contributed by atoms with E-state index in [1.807, 2.05) is 13.8 Å². The predicted molar refractivity (Wildman–Crippen MR) is 49.4 cm³/mol. The van der Waals surface area contributed by atoms with Crippen molar-refractivity contribution in [2.75, 3.05) is 6.61 Å². The molecule has 0 aromatic heterocycles. The molecule has 1 heterocycles. The first-order valence-corrected chi connectivity index (χ1v) is 4.80. The van der Waals surface area contributed by atoms with Gasteiger partial charge in [-0.15, -0.1) is 0 Å². The second kappa shape index (κ2) is 4.20. The van der Waals surface area contributed by atoms with Gasteiger partial charge in [0.25, 0.3) is 0 Å². The monoisotopic (exact) mass is 186 g/mol. The average Bonchev–Trinajstić information content (AvgIpc) is 2.42. The molecule has 2 atom stereocenters. The summed E-state index contributed by atoms with van der Waals surface area (Å²) >= 11 is 0. The molecule has 1 rings (SSSR count). The molecule has 0 unspecified atom stereocenters. The lowest BCUT2D eigenvalue weighted by Crippen LogP contribution is -2.25. The molecule has 1 aliphatic heterocycles. The highest BCUT2D eigenvalue weighted by Gasteiger charge is 2.35. The third-order valence-corrected chi connectivity index (χ3v) is 2.40. The Morgan fingerprint density at radius 3 is 2.77 bits per heavy atom. The van der Waals surface area contributed by atoms with E-state index in [1.54, 1.807) is 0 Å². The molecular formula is C10H18O3. The molecule has 1 aliphatic rings. The highest BCUT2D eigenvalue weighted by molar-refractivity contribution is 5.49. The van der Waals surface area contributed by atoms with Gasteiger partial charge in [0.05, 0.1) is 12.7 Å². The lowest BCUT2D eigenvalue weighted by molar-refractivity contribution is -0.144. The zero-order valence-electron chi connectivity index (χ0n) is 8.58. The third-order valence-electron chi connectivity index (χ3n) is 2.40. The van der Waals surface area contributed by atoms with Crippen LogP contribution in [-0.2, 0) is 14.3 Å². The van der Waals surface area contributed by atoms with Gasteiger partial charge in [0.2, 0.25) is 0 Å².